The zero-order chi connectivity index (χ0) is 16.0. The quantitative estimate of drug-likeness (QED) is 0.661. The second kappa shape index (κ2) is 5.02. The molecule has 0 unspecified atom stereocenters. The normalized spacial score (nSPS) is 27.7. The van der Waals surface area contributed by atoms with E-state index in [1.807, 2.05) is 78.9 Å². The van der Waals surface area contributed by atoms with Gasteiger partial charge < -0.3 is 0 Å². The van der Waals surface area contributed by atoms with Crippen LogP contribution in [0.5, 0.6) is 0 Å². The smallest absolute Gasteiger partial charge is 0.257 e. The minimum atomic E-state index is -1.04. The summed E-state index contributed by atoms with van der Waals surface area (Å²) < 4.78 is 6.53. The van der Waals surface area contributed by atoms with Crippen molar-refractivity contribution in [1.29, 1.82) is 0 Å². The van der Waals surface area contributed by atoms with Crippen molar-refractivity contribution in [3.05, 3.63) is 107 Å². The van der Waals surface area contributed by atoms with Crippen molar-refractivity contribution in [3.63, 3.8) is 0 Å². The Balaban J connectivity index is 1.74. The van der Waals surface area contributed by atoms with E-state index in [1.54, 1.807) is 0 Å². The van der Waals surface area contributed by atoms with E-state index in [1.165, 1.54) is 5.56 Å². The van der Waals surface area contributed by atoms with Gasteiger partial charge in [-0.1, -0.05) is 84.9 Å². The SMILES string of the molecule is c1ccc([C@]23Cc4ccccc4[C@](c4ccccc4)(OO2)O3)cc1. The first-order chi connectivity index (χ1) is 11.8. The molecule has 0 N–H and O–H groups in total. The van der Waals surface area contributed by atoms with Crippen molar-refractivity contribution in [2.24, 2.45) is 0 Å². The standard InChI is InChI=1S/C21H16O3/c1-3-10-17(11-4-1)20-15-16-9-7-8-14-19(16)21(22-20,24-23-20)18-12-5-2-6-13-18/h1-14H,15H2/t20-,21-/m0/s1. The van der Waals surface area contributed by atoms with Crippen LogP contribution >= 0.6 is 0 Å². The van der Waals surface area contributed by atoms with Crippen LogP contribution in [0, 0.1) is 0 Å². The first kappa shape index (κ1) is 13.9. The maximum Gasteiger partial charge on any atom is 0.257 e. The van der Waals surface area contributed by atoms with Crippen molar-refractivity contribution in [2.45, 2.75) is 18.0 Å². The Kier molecular flexibility index (Phi) is 2.91. The molecule has 5 rings (SSSR count). The van der Waals surface area contributed by atoms with Gasteiger partial charge in [0, 0.05) is 23.1 Å². The summed E-state index contributed by atoms with van der Waals surface area (Å²) in [5.41, 5.74) is 4.06. The lowest BCUT2D eigenvalue weighted by molar-refractivity contribution is -0.346. The van der Waals surface area contributed by atoms with Gasteiger partial charge in [0.25, 0.3) is 5.79 Å². The molecule has 2 heterocycles. The van der Waals surface area contributed by atoms with Gasteiger partial charge in [-0.25, -0.2) is 0 Å². The molecule has 118 valence electrons. The van der Waals surface area contributed by atoms with Crippen molar-refractivity contribution < 1.29 is 14.5 Å². The van der Waals surface area contributed by atoms with Gasteiger partial charge in [-0.15, -0.1) is 0 Å². The van der Waals surface area contributed by atoms with Crippen molar-refractivity contribution in [3.8, 4) is 0 Å². The minimum Gasteiger partial charge on any atom is -0.300 e. The van der Waals surface area contributed by atoms with E-state index in [0.717, 1.165) is 16.7 Å². The average molecular weight is 316 g/mol. The lowest BCUT2D eigenvalue weighted by atomic mass is 9.85. The zero-order valence-corrected chi connectivity index (χ0v) is 13.0. The van der Waals surface area contributed by atoms with E-state index in [4.69, 9.17) is 14.5 Å². The Bertz CT molecular complexity index is 878. The highest BCUT2D eigenvalue weighted by atomic mass is 17.3. The van der Waals surface area contributed by atoms with Gasteiger partial charge in [-0.3, -0.25) is 4.74 Å². The topological polar surface area (TPSA) is 27.7 Å². The summed E-state index contributed by atoms with van der Waals surface area (Å²) in [6.07, 6.45) is 0.613. The van der Waals surface area contributed by atoms with E-state index < -0.39 is 11.6 Å². The zero-order valence-electron chi connectivity index (χ0n) is 13.0. The summed E-state index contributed by atoms with van der Waals surface area (Å²) in [6, 6.07) is 28.1. The van der Waals surface area contributed by atoms with Crippen molar-refractivity contribution >= 4 is 0 Å². The molecule has 3 nitrogen and oxygen atoms in total. The Hall–Kier alpha value is -2.46. The van der Waals surface area contributed by atoms with Gasteiger partial charge in [0.1, 0.15) is 0 Å². The van der Waals surface area contributed by atoms with Crippen molar-refractivity contribution in [2.75, 3.05) is 0 Å². The summed E-state index contributed by atoms with van der Waals surface area (Å²) in [5.74, 6) is -1.96. The maximum absolute atomic E-state index is 6.53. The summed E-state index contributed by atoms with van der Waals surface area (Å²) in [4.78, 5) is 11.8. The molecule has 0 spiro atoms. The lowest BCUT2D eigenvalue weighted by Gasteiger charge is -2.36. The molecule has 3 aromatic rings. The number of rotatable bonds is 2. The third-order valence-electron chi connectivity index (χ3n) is 4.76. The molecular formula is C21H16O3. The average Bonchev–Trinajstić information content (AvgIpc) is 3.00. The first-order valence-corrected chi connectivity index (χ1v) is 8.09. The molecule has 0 aromatic heterocycles. The summed E-state index contributed by atoms with van der Waals surface area (Å²) in [5, 5.41) is 0. The molecule has 2 aliphatic rings. The number of hydrogen-bond donors (Lipinski definition) is 0. The molecule has 2 bridgehead atoms. The Morgan fingerprint density at radius 1 is 0.625 bits per heavy atom. The van der Waals surface area contributed by atoms with Crippen LogP contribution < -0.4 is 0 Å². The fourth-order valence-corrected chi connectivity index (χ4v) is 3.63. The van der Waals surface area contributed by atoms with Gasteiger partial charge in [-0.2, -0.15) is 9.78 Å². The molecule has 3 aromatic carbocycles. The Morgan fingerprint density at radius 2 is 1.25 bits per heavy atom. The fraction of sp³-hybridized carbons (Fsp3) is 0.143. The molecule has 0 amide bonds. The largest absolute Gasteiger partial charge is 0.300 e. The molecule has 0 radical (unpaired) electrons. The molecular weight excluding hydrogens is 300 g/mol. The van der Waals surface area contributed by atoms with Crippen LogP contribution in [0.25, 0.3) is 0 Å². The minimum absolute atomic E-state index is 0.613. The van der Waals surface area contributed by atoms with Crippen LogP contribution in [-0.4, -0.2) is 0 Å². The Labute approximate surface area is 140 Å². The summed E-state index contributed by atoms with van der Waals surface area (Å²) in [6.45, 7) is 0. The second-order valence-corrected chi connectivity index (χ2v) is 6.20. The van der Waals surface area contributed by atoms with E-state index >= 15 is 0 Å². The third kappa shape index (κ3) is 1.83. The number of fused-ring (bicyclic) bond motifs is 4. The van der Waals surface area contributed by atoms with Crippen LogP contribution in [-0.2, 0) is 32.5 Å². The molecule has 1 saturated heterocycles. The van der Waals surface area contributed by atoms with Crippen LogP contribution in [0.15, 0.2) is 84.9 Å². The Morgan fingerprint density at radius 3 is 2.00 bits per heavy atom. The third-order valence-corrected chi connectivity index (χ3v) is 4.76. The summed E-state index contributed by atoms with van der Waals surface area (Å²) in [7, 11) is 0. The van der Waals surface area contributed by atoms with Crippen LogP contribution in [0.4, 0.5) is 0 Å². The molecule has 1 fully saturated rings. The molecule has 2 atom stereocenters. The lowest BCUT2D eigenvalue weighted by Crippen LogP contribution is -2.41. The van der Waals surface area contributed by atoms with E-state index in [0.29, 0.717) is 6.42 Å². The molecule has 0 saturated carbocycles. The van der Waals surface area contributed by atoms with E-state index in [2.05, 4.69) is 6.07 Å². The van der Waals surface area contributed by atoms with E-state index in [-0.39, 0.29) is 0 Å². The van der Waals surface area contributed by atoms with Gasteiger partial charge in [0.2, 0.25) is 5.79 Å². The van der Waals surface area contributed by atoms with Crippen LogP contribution in [0.2, 0.25) is 0 Å². The summed E-state index contributed by atoms with van der Waals surface area (Å²) >= 11 is 0. The predicted molar refractivity (Wildman–Crippen MR) is 88.7 cm³/mol. The van der Waals surface area contributed by atoms with E-state index in [9.17, 15) is 0 Å². The first-order valence-electron chi connectivity index (χ1n) is 8.09. The van der Waals surface area contributed by atoms with Gasteiger partial charge in [-0.05, 0) is 5.56 Å². The number of benzene rings is 3. The predicted octanol–water partition coefficient (Wildman–Crippen LogP) is 4.28. The van der Waals surface area contributed by atoms with Crippen molar-refractivity contribution in [1.82, 2.24) is 0 Å². The highest BCUT2D eigenvalue weighted by molar-refractivity contribution is 5.44. The second-order valence-electron chi connectivity index (χ2n) is 6.20. The molecule has 2 aliphatic heterocycles. The van der Waals surface area contributed by atoms with Gasteiger partial charge in [0.05, 0.1) is 0 Å². The highest BCUT2D eigenvalue weighted by Crippen LogP contribution is 2.55. The maximum atomic E-state index is 6.53. The molecule has 24 heavy (non-hydrogen) atoms. The fourth-order valence-electron chi connectivity index (χ4n) is 3.63. The van der Waals surface area contributed by atoms with Crippen LogP contribution in [0.3, 0.4) is 0 Å². The molecule has 0 aliphatic carbocycles. The number of hydrogen-bond acceptors (Lipinski definition) is 3. The van der Waals surface area contributed by atoms with Crippen LogP contribution in [0.1, 0.15) is 22.3 Å². The number of ether oxygens (including phenoxy) is 1. The molecule has 3 heteroatoms. The van der Waals surface area contributed by atoms with Gasteiger partial charge >= 0.3 is 0 Å². The monoisotopic (exact) mass is 316 g/mol. The highest BCUT2D eigenvalue weighted by Gasteiger charge is 2.60. The van der Waals surface area contributed by atoms with Gasteiger partial charge in [0.15, 0.2) is 0 Å².